The van der Waals surface area contributed by atoms with Crippen molar-refractivity contribution in [1.82, 2.24) is 0 Å². The molecule has 0 atom stereocenters. The quantitative estimate of drug-likeness (QED) is 0.167. The smallest absolute Gasteiger partial charge is 0.151 e. The lowest BCUT2D eigenvalue weighted by Gasteiger charge is -2.31. The van der Waals surface area contributed by atoms with Crippen LogP contribution in [0.5, 0.6) is 5.75 Å². The second kappa shape index (κ2) is 16.0. The normalized spacial score (nSPS) is 12.2. The number of rotatable bonds is 6. The lowest BCUT2D eigenvalue weighted by Crippen LogP contribution is -2.14. The summed E-state index contributed by atoms with van der Waals surface area (Å²) in [5.74, 6) is 0.867. The fourth-order valence-corrected chi connectivity index (χ4v) is 10.3. The largest absolute Gasteiger partial charge is 0.491 e. The molecule has 0 unspecified atom stereocenters. The van der Waals surface area contributed by atoms with E-state index in [4.69, 9.17) is 4.74 Å². The number of hydrogen-bond donors (Lipinski definition) is 0. The second-order valence-electron chi connectivity index (χ2n) is 15.5. The predicted octanol–water partition coefficient (Wildman–Crippen LogP) is 16.3. The molecule has 10 aromatic rings. The molecular formula is C57H42N2OS. The molecule has 4 heteroatoms. The Balaban J connectivity index is 1.18. The molecule has 0 saturated heterocycles. The molecule has 0 saturated carbocycles. The summed E-state index contributed by atoms with van der Waals surface area (Å²) in [5.41, 5.74) is 14.7. The maximum Gasteiger partial charge on any atom is 0.151 e. The molecule has 0 bridgehead atoms. The third-order valence-electron chi connectivity index (χ3n) is 11.8. The molecule has 0 aliphatic carbocycles. The Morgan fingerprint density at radius 1 is 0.377 bits per heavy atom. The van der Waals surface area contributed by atoms with Gasteiger partial charge in [0.2, 0.25) is 0 Å². The molecule has 0 spiro atoms. The summed E-state index contributed by atoms with van der Waals surface area (Å²) in [6, 6.07) is 79.0. The highest BCUT2D eigenvalue weighted by molar-refractivity contribution is 7.25. The van der Waals surface area contributed by atoms with Gasteiger partial charge in [-0.1, -0.05) is 152 Å². The van der Waals surface area contributed by atoms with E-state index < -0.39 is 0 Å². The molecule has 0 fully saturated rings. The Kier molecular flexibility index (Phi) is 9.61. The SMILES string of the molecule is c1ccc(N(c2ccc3c(c2)sc2ccccc23)c2cccc3c2OCCCc2ccccc2-c2cccc(N(c4ccccc4)c4ccccc4)c2-c2ccccc2-3)cc1. The number of para-hydroxylation sites is 4. The zero-order chi connectivity index (χ0) is 40.5. The molecule has 0 amide bonds. The fourth-order valence-electron chi connectivity index (χ4n) is 9.11. The standard InChI is InChI=1S/C57H42N2OS/c1-4-21-41(22-5-1)58(42-23-6-2-7-24-42)52-33-16-31-49-45-27-11-10-19-40(45)20-18-38-60-57-51(46-28-12-13-30-50(46)56(49)52)32-17-34-53(57)59(43-25-8-3-9-26-43)44-36-37-48-47-29-14-15-35-54(47)61-55(48)39-44/h1-17,19,21-37,39H,18,20,38H2. The van der Waals surface area contributed by atoms with Gasteiger partial charge >= 0.3 is 0 Å². The van der Waals surface area contributed by atoms with Gasteiger partial charge in [0.15, 0.2) is 5.75 Å². The first-order valence-electron chi connectivity index (χ1n) is 21.0. The average Bonchev–Trinajstić information content (AvgIpc) is 3.70. The van der Waals surface area contributed by atoms with Crippen LogP contribution >= 0.6 is 11.3 Å². The van der Waals surface area contributed by atoms with Crippen molar-refractivity contribution >= 4 is 65.6 Å². The van der Waals surface area contributed by atoms with Gasteiger partial charge in [-0.2, -0.15) is 0 Å². The molecule has 61 heavy (non-hydrogen) atoms. The molecule has 9 aromatic carbocycles. The molecule has 3 nitrogen and oxygen atoms in total. The van der Waals surface area contributed by atoms with E-state index in [2.05, 4.69) is 228 Å². The van der Waals surface area contributed by atoms with Crippen LogP contribution in [0.15, 0.2) is 218 Å². The fraction of sp³-hybridized carbons (Fsp3) is 0.0526. The number of benzene rings is 9. The number of fused-ring (bicyclic) bond motifs is 10. The van der Waals surface area contributed by atoms with E-state index in [-0.39, 0.29) is 0 Å². The number of hydrogen-bond acceptors (Lipinski definition) is 4. The molecular weight excluding hydrogens is 761 g/mol. The van der Waals surface area contributed by atoms with E-state index in [1.807, 2.05) is 11.3 Å². The summed E-state index contributed by atoms with van der Waals surface area (Å²) >= 11 is 1.84. The molecule has 0 N–H and O–H groups in total. The Hall–Kier alpha value is -7.40. The van der Waals surface area contributed by atoms with Crippen LogP contribution in [-0.4, -0.2) is 6.61 Å². The minimum Gasteiger partial charge on any atom is -0.491 e. The predicted molar refractivity (Wildman–Crippen MR) is 259 cm³/mol. The second-order valence-corrected chi connectivity index (χ2v) is 16.5. The zero-order valence-electron chi connectivity index (χ0n) is 33.6. The van der Waals surface area contributed by atoms with E-state index in [0.29, 0.717) is 6.61 Å². The van der Waals surface area contributed by atoms with Crippen molar-refractivity contribution in [2.75, 3.05) is 16.4 Å². The molecule has 1 aliphatic rings. The highest BCUT2D eigenvalue weighted by Gasteiger charge is 2.27. The van der Waals surface area contributed by atoms with Gasteiger partial charge < -0.3 is 14.5 Å². The van der Waals surface area contributed by atoms with Gasteiger partial charge in [-0.25, -0.2) is 0 Å². The van der Waals surface area contributed by atoms with Crippen LogP contribution in [0.3, 0.4) is 0 Å². The van der Waals surface area contributed by atoms with E-state index in [0.717, 1.165) is 69.4 Å². The number of aryl methyl sites for hydroxylation is 1. The zero-order valence-corrected chi connectivity index (χ0v) is 34.4. The van der Waals surface area contributed by atoms with Crippen molar-refractivity contribution in [2.45, 2.75) is 12.8 Å². The Morgan fingerprint density at radius 2 is 0.918 bits per heavy atom. The maximum atomic E-state index is 7.18. The molecule has 0 radical (unpaired) electrons. The summed E-state index contributed by atoms with van der Waals surface area (Å²) in [6.45, 7) is 0.571. The van der Waals surface area contributed by atoms with Crippen molar-refractivity contribution in [3.63, 3.8) is 0 Å². The van der Waals surface area contributed by atoms with Crippen LogP contribution in [0.4, 0.5) is 34.1 Å². The van der Waals surface area contributed by atoms with Gasteiger partial charge in [-0.05, 0) is 107 Å². The van der Waals surface area contributed by atoms with Gasteiger partial charge in [-0.3, -0.25) is 0 Å². The van der Waals surface area contributed by atoms with Crippen LogP contribution in [0.2, 0.25) is 0 Å². The Morgan fingerprint density at radius 3 is 1.64 bits per heavy atom. The summed E-state index contributed by atoms with van der Waals surface area (Å²) in [7, 11) is 0. The van der Waals surface area contributed by atoms with Gasteiger partial charge in [0.1, 0.15) is 0 Å². The number of thiophene rings is 1. The van der Waals surface area contributed by atoms with Crippen molar-refractivity contribution in [3.8, 4) is 39.1 Å². The van der Waals surface area contributed by atoms with Crippen LogP contribution in [0.1, 0.15) is 12.0 Å². The lowest BCUT2D eigenvalue weighted by molar-refractivity contribution is 0.313. The topological polar surface area (TPSA) is 15.7 Å². The summed E-state index contributed by atoms with van der Waals surface area (Å²) in [6.07, 6.45) is 1.74. The van der Waals surface area contributed by atoms with Crippen molar-refractivity contribution < 1.29 is 4.74 Å². The van der Waals surface area contributed by atoms with Crippen molar-refractivity contribution in [1.29, 1.82) is 0 Å². The Bertz CT molecular complexity index is 3120. The van der Waals surface area contributed by atoms with Crippen LogP contribution in [-0.2, 0) is 6.42 Å². The number of nitrogens with zero attached hydrogens (tertiary/aromatic N) is 2. The average molecular weight is 803 g/mol. The molecule has 1 aromatic heterocycles. The minimum absolute atomic E-state index is 0.571. The lowest BCUT2D eigenvalue weighted by atomic mass is 9.85. The van der Waals surface area contributed by atoms with Gasteiger partial charge in [-0.15, -0.1) is 11.3 Å². The number of ether oxygens (including phenoxy) is 1. The summed E-state index contributed by atoms with van der Waals surface area (Å²) < 4.78 is 9.73. The Labute approximate surface area is 361 Å². The van der Waals surface area contributed by atoms with Crippen molar-refractivity contribution in [3.05, 3.63) is 224 Å². The molecule has 1 aliphatic heterocycles. The number of anilines is 6. The van der Waals surface area contributed by atoms with E-state index in [1.54, 1.807) is 0 Å². The molecule has 292 valence electrons. The molecule has 11 rings (SSSR count). The van der Waals surface area contributed by atoms with Gasteiger partial charge in [0.25, 0.3) is 0 Å². The third kappa shape index (κ3) is 6.72. The first-order valence-corrected chi connectivity index (χ1v) is 21.9. The minimum atomic E-state index is 0.571. The third-order valence-corrected chi connectivity index (χ3v) is 12.9. The van der Waals surface area contributed by atoms with Crippen LogP contribution < -0.4 is 14.5 Å². The maximum absolute atomic E-state index is 7.18. The van der Waals surface area contributed by atoms with Crippen LogP contribution in [0.25, 0.3) is 53.6 Å². The van der Waals surface area contributed by atoms with Gasteiger partial charge in [0.05, 0.1) is 18.0 Å². The summed E-state index contributed by atoms with van der Waals surface area (Å²) in [4.78, 5) is 4.78. The summed E-state index contributed by atoms with van der Waals surface area (Å²) in [5, 5.41) is 2.57. The van der Waals surface area contributed by atoms with E-state index in [9.17, 15) is 0 Å². The van der Waals surface area contributed by atoms with Crippen molar-refractivity contribution in [2.24, 2.45) is 0 Å². The van der Waals surface area contributed by atoms with E-state index in [1.165, 1.54) is 42.4 Å². The first-order chi connectivity index (χ1) is 30.3. The van der Waals surface area contributed by atoms with E-state index >= 15 is 0 Å². The molecule has 2 heterocycles. The first kappa shape index (κ1) is 36.7. The monoisotopic (exact) mass is 802 g/mol. The van der Waals surface area contributed by atoms with Crippen LogP contribution in [0, 0.1) is 0 Å². The highest BCUT2D eigenvalue weighted by Crippen LogP contribution is 2.52. The van der Waals surface area contributed by atoms with Gasteiger partial charge in [0, 0.05) is 54.0 Å². The highest BCUT2D eigenvalue weighted by atomic mass is 32.1.